The molecule has 2 atom stereocenters. The van der Waals surface area contributed by atoms with Gasteiger partial charge in [-0.25, -0.2) is 4.98 Å². The van der Waals surface area contributed by atoms with E-state index in [1.165, 1.54) is 25.4 Å². The lowest BCUT2D eigenvalue weighted by atomic mass is 9.86. The van der Waals surface area contributed by atoms with Gasteiger partial charge in [-0.2, -0.15) is 13.2 Å². The minimum atomic E-state index is -4.61. The summed E-state index contributed by atoms with van der Waals surface area (Å²) in [6.07, 6.45) is -3.25. The Bertz CT molecular complexity index is 1070. The molecule has 2 heterocycles. The first-order valence-electron chi connectivity index (χ1n) is 9.60. The van der Waals surface area contributed by atoms with Gasteiger partial charge in [-0.3, -0.25) is 4.79 Å². The number of hydrogen-bond donors (Lipinski definition) is 2. The first-order chi connectivity index (χ1) is 14.8. The Hall–Kier alpha value is -3.33. The van der Waals surface area contributed by atoms with Gasteiger partial charge in [-0.05, 0) is 41.8 Å². The van der Waals surface area contributed by atoms with Gasteiger partial charge in [0.15, 0.2) is 0 Å². The summed E-state index contributed by atoms with van der Waals surface area (Å²) in [5.74, 6) is -0.585. The zero-order valence-electron chi connectivity index (χ0n) is 16.6. The summed E-state index contributed by atoms with van der Waals surface area (Å²) in [6.45, 7) is -0.0907. The van der Waals surface area contributed by atoms with Gasteiger partial charge in [-0.1, -0.05) is 18.2 Å². The second-order valence-corrected chi connectivity index (χ2v) is 7.29. The highest BCUT2D eigenvalue weighted by atomic mass is 19.4. The van der Waals surface area contributed by atoms with Crippen LogP contribution < -0.4 is 9.64 Å². The molecule has 0 aliphatic carbocycles. The minimum absolute atomic E-state index is 0.0349. The number of aromatic nitrogens is 2. The van der Waals surface area contributed by atoms with Crippen molar-refractivity contribution in [2.45, 2.75) is 31.2 Å². The van der Waals surface area contributed by atoms with E-state index in [0.717, 1.165) is 11.0 Å². The number of alkyl halides is 3. The number of methoxy groups -OCH3 is 1. The van der Waals surface area contributed by atoms with E-state index in [1.807, 2.05) is 0 Å². The summed E-state index contributed by atoms with van der Waals surface area (Å²) in [7, 11) is 1.50. The number of benzene rings is 2. The van der Waals surface area contributed by atoms with Gasteiger partial charge < -0.3 is 19.7 Å². The van der Waals surface area contributed by atoms with Crippen molar-refractivity contribution in [3.8, 4) is 5.75 Å². The highest BCUT2D eigenvalue weighted by Gasteiger charge is 2.42. The smallest absolute Gasteiger partial charge is 0.416 e. The van der Waals surface area contributed by atoms with Gasteiger partial charge in [0.1, 0.15) is 17.7 Å². The quantitative estimate of drug-likeness (QED) is 0.661. The van der Waals surface area contributed by atoms with Crippen molar-refractivity contribution in [3.05, 3.63) is 77.4 Å². The van der Waals surface area contributed by atoms with Gasteiger partial charge >= 0.3 is 6.18 Å². The highest BCUT2D eigenvalue weighted by molar-refractivity contribution is 5.98. The summed E-state index contributed by atoms with van der Waals surface area (Å²) in [4.78, 5) is 21.3. The summed E-state index contributed by atoms with van der Waals surface area (Å²) in [6, 6.07) is 10.3. The van der Waals surface area contributed by atoms with E-state index in [-0.39, 0.29) is 24.2 Å². The molecule has 3 aromatic rings. The summed E-state index contributed by atoms with van der Waals surface area (Å²) >= 11 is 0. The van der Waals surface area contributed by atoms with Crippen LogP contribution >= 0.6 is 0 Å². The molecule has 0 fully saturated rings. The third-order valence-corrected chi connectivity index (χ3v) is 5.48. The van der Waals surface area contributed by atoms with Gasteiger partial charge in [0, 0.05) is 24.0 Å². The van der Waals surface area contributed by atoms with Crippen LogP contribution in [-0.2, 0) is 23.9 Å². The molecule has 2 aromatic carbocycles. The third kappa shape index (κ3) is 4.00. The van der Waals surface area contributed by atoms with Gasteiger partial charge in [0.25, 0.3) is 5.91 Å². The monoisotopic (exact) mass is 431 g/mol. The molecule has 2 N–H and O–H groups in total. The van der Waals surface area contributed by atoms with Crippen molar-refractivity contribution in [3.63, 3.8) is 0 Å². The lowest BCUT2D eigenvalue weighted by Crippen LogP contribution is -2.40. The Labute approximate surface area is 176 Å². The third-order valence-electron chi connectivity index (χ3n) is 5.48. The number of carbonyl (C=O) groups excluding carboxylic acids is 1. The average Bonchev–Trinajstić information content (AvgIpc) is 3.24. The molecule has 0 saturated heterocycles. The molecule has 0 radical (unpaired) electrons. The van der Waals surface area contributed by atoms with Crippen molar-refractivity contribution in [1.29, 1.82) is 0 Å². The predicted molar refractivity (Wildman–Crippen MR) is 107 cm³/mol. The van der Waals surface area contributed by atoms with Crippen LogP contribution in [0.5, 0.6) is 5.75 Å². The van der Waals surface area contributed by atoms with Crippen LogP contribution in [0, 0.1) is 0 Å². The number of carbonyl (C=O) groups is 1. The highest BCUT2D eigenvalue weighted by Crippen LogP contribution is 2.42. The number of anilines is 1. The Kier molecular flexibility index (Phi) is 5.45. The molecule has 6 nitrogen and oxygen atoms in total. The zero-order valence-corrected chi connectivity index (χ0v) is 16.6. The maximum atomic E-state index is 13.8. The van der Waals surface area contributed by atoms with Crippen molar-refractivity contribution in [2.75, 3.05) is 12.0 Å². The summed E-state index contributed by atoms with van der Waals surface area (Å²) in [5.41, 5.74) is -0.196. The molecule has 0 spiro atoms. The Morgan fingerprint density at radius 3 is 2.58 bits per heavy atom. The molecule has 31 heavy (non-hydrogen) atoms. The van der Waals surface area contributed by atoms with E-state index in [0.29, 0.717) is 17.1 Å². The molecule has 4 rings (SSSR count). The number of aromatic amines is 1. The van der Waals surface area contributed by atoms with Gasteiger partial charge in [0.2, 0.25) is 0 Å². The molecule has 0 unspecified atom stereocenters. The van der Waals surface area contributed by atoms with Crippen LogP contribution in [0.3, 0.4) is 0 Å². The second kappa shape index (κ2) is 8.07. The number of aliphatic hydroxyl groups is 1. The molecule has 1 aliphatic rings. The number of nitrogens with zero attached hydrogens (tertiary/aromatic N) is 2. The zero-order chi connectivity index (χ0) is 22.2. The van der Waals surface area contributed by atoms with E-state index < -0.39 is 29.7 Å². The van der Waals surface area contributed by atoms with Crippen molar-refractivity contribution in [2.24, 2.45) is 0 Å². The van der Waals surface area contributed by atoms with Gasteiger partial charge in [0.05, 0.1) is 19.2 Å². The second-order valence-electron chi connectivity index (χ2n) is 7.29. The number of H-pyrrole nitrogens is 1. The lowest BCUT2D eigenvalue weighted by molar-refractivity contribution is -0.138. The number of nitrogens with one attached hydrogen (secondary N) is 1. The molecule has 1 amide bonds. The number of rotatable bonds is 4. The Balaban J connectivity index is 1.85. The standard InChI is InChI=1S/C22H20F3N3O3/c1-31-14-7-5-13(6-8-14)15-11-16-17(22(23,24)25)3-2-4-18(16)28(21(30)20(15)29)12-19-26-9-10-27-19/h2-10,15,20,29H,11-12H2,1H3,(H,26,27)/t15-,20+/m0/s1. The van der Waals surface area contributed by atoms with Crippen LogP contribution in [0.1, 0.15) is 28.4 Å². The van der Waals surface area contributed by atoms with Crippen LogP contribution in [0.25, 0.3) is 0 Å². The maximum Gasteiger partial charge on any atom is 0.416 e. The lowest BCUT2D eigenvalue weighted by Gasteiger charge is -2.25. The summed E-state index contributed by atoms with van der Waals surface area (Å²) in [5, 5.41) is 10.9. The average molecular weight is 431 g/mol. The molecule has 0 bridgehead atoms. The SMILES string of the molecule is COc1ccc([C@@H]2Cc3c(cccc3C(F)(F)F)N(Cc3ncc[nH]3)C(=O)[C@@H]2O)cc1. The molecule has 1 aromatic heterocycles. The maximum absolute atomic E-state index is 13.8. The van der Waals surface area contributed by atoms with E-state index >= 15 is 0 Å². The fraction of sp³-hybridized carbons (Fsp3) is 0.273. The molecule has 162 valence electrons. The van der Waals surface area contributed by atoms with E-state index in [1.54, 1.807) is 30.5 Å². The van der Waals surface area contributed by atoms with E-state index in [4.69, 9.17) is 4.74 Å². The number of aliphatic hydroxyl groups excluding tert-OH is 1. The van der Waals surface area contributed by atoms with Crippen molar-refractivity contribution in [1.82, 2.24) is 9.97 Å². The number of hydrogen-bond acceptors (Lipinski definition) is 4. The Morgan fingerprint density at radius 1 is 1.23 bits per heavy atom. The molecule has 1 aliphatic heterocycles. The minimum Gasteiger partial charge on any atom is -0.497 e. The van der Waals surface area contributed by atoms with Crippen LogP contribution in [0.15, 0.2) is 54.9 Å². The molecule has 9 heteroatoms. The summed E-state index contributed by atoms with van der Waals surface area (Å²) < 4.78 is 46.6. The van der Waals surface area contributed by atoms with Crippen molar-refractivity contribution >= 4 is 11.6 Å². The predicted octanol–water partition coefficient (Wildman–Crippen LogP) is 3.67. The Morgan fingerprint density at radius 2 is 1.97 bits per heavy atom. The molecule has 0 saturated carbocycles. The number of amides is 1. The number of ether oxygens (including phenoxy) is 1. The normalized spacial score (nSPS) is 19.1. The fourth-order valence-electron chi connectivity index (χ4n) is 3.94. The van der Waals surface area contributed by atoms with Gasteiger partial charge in [-0.15, -0.1) is 0 Å². The largest absolute Gasteiger partial charge is 0.497 e. The van der Waals surface area contributed by atoms with Crippen LogP contribution in [0.4, 0.5) is 18.9 Å². The first-order valence-corrected chi connectivity index (χ1v) is 9.60. The van der Waals surface area contributed by atoms with Crippen molar-refractivity contribution < 1.29 is 27.8 Å². The number of imidazole rings is 1. The van der Waals surface area contributed by atoms with Crippen LogP contribution in [0.2, 0.25) is 0 Å². The topological polar surface area (TPSA) is 78.5 Å². The first kappa shape index (κ1) is 20.9. The number of fused-ring (bicyclic) bond motifs is 1. The van der Waals surface area contributed by atoms with Crippen LogP contribution in [-0.4, -0.2) is 34.2 Å². The van der Waals surface area contributed by atoms with E-state index in [2.05, 4.69) is 9.97 Å². The molecular formula is C22H20F3N3O3. The molecular weight excluding hydrogens is 411 g/mol. The van der Waals surface area contributed by atoms with E-state index in [9.17, 15) is 23.1 Å². The number of halogens is 3. The fourth-order valence-corrected chi connectivity index (χ4v) is 3.94.